The summed E-state index contributed by atoms with van der Waals surface area (Å²) in [5, 5.41) is 5.73. The Bertz CT molecular complexity index is 961. The summed E-state index contributed by atoms with van der Waals surface area (Å²) in [7, 11) is -0.335. The average molecular weight is 340 g/mol. The Morgan fingerprint density at radius 2 is 1.62 bits per heavy atom. The highest BCUT2D eigenvalue weighted by atomic mass is 32.2. The third-order valence-electron chi connectivity index (χ3n) is 3.95. The number of anilines is 1. The number of rotatable bonds is 5. The molecule has 24 heavy (non-hydrogen) atoms. The van der Waals surface area contributed by atoms with E-state index in [1.54, 1.807) is 18.2 Å². The largest absolute Gasteiger partial charge is 0.380 e. The Morgan fingerprint density at radius 3 is 2.42 bits per heavy atom. The van der Waals surface area contributed by atoms with E-state index in [4.69, 9.17) is 0 Å². The summed E-state index contributed by atoms with van der Waals surface area (Å²) in [6.07, 6.45) is 0. The minimum absolute atomic E-state index is 0.310. The van der Waals surface area contributed by atoms with E-state index in [0.717, 1.165) is 16.6 Å². The molecule has 0 aliphatic carbocycles. The summed E-state index contributed by atoms with van der Waals surface area (Å²) in [6, 6.07) is 21.3. The summed E-state index contributed by atoms with van der Waals surface area (Å²) in [4.78, 5) is 0.310. The van der Waals surface area contributed by atoms with Crippen molar-refractivity contribution in [3.63, 3.8) is 0 Å². The number of hydrogen-bond acceptors (Lipinski definition) is 3. The van der Waals surface area contributed by atoms with E-state index < -0.39 is 10.0 Å². The van der Waals surface area contributed by atoms with E-state index in [0.29, 0.717) is 11.4 Å². The first-order valence-corrected chi connectivity index (χ1v) is 9.15. The van der Waals surface area contributed by atoms with Gasteiger partial charge in [-0.15, -0.1) is 0 Å². The van der Waals surface area contributed by atoms with Gasteiger partial charge in [-0.05, 0) is 29.1 Å². The third kappa shape index (κ3) is 3.27. The van der Waals surface area contributed by atoms with E-state index in [1.807, 2.05) is 30.3 Å². The van der Waals surface area contributed by atoms with Gasteiger partial charge in [0.2, 0.25) is 10.0 Å². The predicted octanol–water partition coefficient (Wildman–Crippen LogP) is 3.70. The molecular weight excluding hydrogens is 320 g/mol. The molecule has 0 aliphatic rings. The molecule has 0 bridgehead atoms. The van der Waals surface area contributed by atoms with Crippen LogP contribution in [0.15, 0.2) is 71.6 Å². The molecule has 3 aromatic rings. The van der Waals surface area contributed by atoms with Crippen LogP contribution in [0.5, 0.6) is 0 Å². The molecule has 3 aromatic carbocycles. The number of fused-ring (bicyclic) bond motifs is 1. The van der Waals surface area contributed by atoms with Crippen LogP contribution in [0.25, 0.3) is 10.8 Å². The standard InChI is InChI=1S/C19H20N2O2S/c1-21(2)24(22,23)17-10-5-7-15(13-17)14-20-19-12-6-9-16-8-3-4-11-18(16)19/h3-13,20H,14H2,1-2H3. The molecule has 0 unspecified atom stereocenters. The lowest BCUT2D eigenvalue weighted by atomic mass is 10.1. The minimum atomic E-state index is -3.41. The van der Waals surface area contributed by atoms with Gasteiger partial charge in [-0.25, -0.2) is 12.7 Å². The Morgan fingerprint density at radius 1 is 0.917 bits per heavy atom. The summed E-state index contributed by atoms with van der Waals surface area (Å²) in [6.45, 7) is 0.560. The van der Waals surface area contributed by atoms with Crippen LogP contribution in [0.4, 0.5) is 5.69 Å². The molecule has 4 nitrogen and oxygen atoms in total. The first-order valence-electron chi connectivity index (χ1n) is 7.71. The molecule has 0 radical (unpaired) electrons. The average Bonchev–Trinajstić information content (AvgIpc) is 2.60. The van der Waals surface area contributed by atoms with Crippen LogP contribution in [-0.2, 0) is 16.6 Å². The van der Waals surface area contributed by atoms with Gasteiger partial charge in [0.05, 0.1) is 4.90 Å². The van der Waals surface area contributed by atoms with Crippen LogP contribution in [0.2, 0.25) is 0 Å². The van der Waals surface area contributed by atoms with Crippen LogP contribution >= 0.6 is 0 Å². The van der Waals surface area contributed by atoms with Crippen molar-refractivity contribution < 1.29 is 8.42 Å². The van der Waals surface area contributed by atoms with Gasteiger partial charge in [0.15, 0.2) is 0 Å². The number of nitrogens with zero attached hydrogens (tertiary/aromatic N) is 1. The Labute approximate surface area is 142 Å². The van der Waals surface area contributed by atoms with E-state index in [2.05, 4.69) is 23.5 Å². The highest BCUT2D eigenvalue weighted by Gasteiger charge is 2.17. The van der Waals surface area contributed by atoms with E-state index in [1.165, 1.54) is 23.8 Å². The maximum absolute atomic E-state index is 12.2. The normalized spacial score (nSPS) is 11.8. The quantitative estimate of drug-likeness (QED) is 0.770. The van der Waals surface area contributed by atoms with Gasteiger partial charge in [0, 0.05) is 31.7 Å². The lowest BCUT2D eigenvalue weighted by molar-refractivity contribution is 0.520. The fourth-order valence-electron chi connectivity index (χ4n) is 2.60. The van der Waals surface area contributed by atoms with Gasteiger partial charge >= 0.3 is 0 Å². The third-order valence-corrected chi connectivity index (χ3v) is 5.76. The number of nitrogens with one attached hydrogen (secondary N) is 1. The number of benzene rings is 3. The summed E-state index contributed by atoms with van der Waals surface area (Å²) in [5.74, 6) is 0. The molecule has 1 N–H and O–H groups in total. The molecule has 3 rings (SSSR count). The molecule has 0 amide bonds. The first kappa shape index (κ1) is 16.5. The Hall–Kier alpha value is -2.37. The van der Waals surface area contributed by atoms with Crippen molar-refractivity contribution in [2.45, 2.75) is 11.4 Å². The molecule has 0 aromatic heterocycles. The molecular formula is C19H20N2O2S. The number of sulfonamides is 1. The van der Waals surface area contributed by atoms with Crippen molar-refractivity contribution in [2.24, 2.45) is 0 Å². The van der Waals surface area contributed by atoms with Gasteiger partial charge in [0.1, 0.15) is 0 Å². The van der Waals surface area contributed by atoms with Crippen molar-refractivity contribution in [1.29, 1.82) is 0 Å². The fourth-order valence-corrected chi connectivity index (χ4v) is 3.58. The lowest BCUT2D eigenvalue weighted by Gasteiger charge is -2.13. The molecule has 0 saturated carbocycles. The summed E-state index contributed by atoms with van der Waals surface area (Å²) >= 11 is 0. The van der Waals surface area contributed by atoms with Gasteiger partial charge in [0.25, 0.3) is 0 Å². The van der Waals surface area contributed by atoms with Crippen LogP contribution in [0.3, 0.4) is 0 Å². The SMILES string of the molecule is CN(C)S(=O)(=O)c1cccc(CNc2cccc3ccccc23)c1. The minimum Gasteiger partial charge on any atom is -0.380 e. The summed E-state index contributed by atoms with van der Waals surface area (Å²) in [5.41, 5.74) is 1.96. The van der Waals surface area contributed by atoms with Crippen LogP contribution in [0, 0.1) is 0 Å². The van der Waals surface area contributed by atoms with Gasteiger partial charge in [-0.3, -0.25) is 0 Å². The maximum atomic E-state index is 12.2. The highest BCUT2D eigenvalue weighted by Crippen LogP contribution is 2.24. The highest BCUT2D eigenvalue weighted by molar-refractivity contribution is 7.89. The zero-order valence-corrected chi connectivity index (χ0v) is 14.5. The number of hydrogen-bond donors (Lipinski definition) is 1. The van der Waals surface area contributed by atoms with E-state index in [9.17, 15) is 8.42 Å². The zero-order chi connectivity index (χ0) is 17.2. The molecule has 0 spiro atoms. The summed E-state index contributed by atoms with van der Waals surface area (Å²) < 4.78 is 25.7. The van der Waals surface area contributed by atoms with Gasteiger partial charge in [-0.2, -0.15) is 0 Å². The van der Waals surface area contributed by atoms with Crippen molar-refractivity contribution in [1.82, 2.24) is 4.31 Å². The van der Waals surface area contributed by atoms with Crippen LogP contribution in [0.1, 0.15) is 5.56 Å². The Balaban J connectivity index is 1.85. The molecule has 5 heteroatoms. The predicted molar refractivity (Wildman–Crippen MR) is 98.6 cm³/mol. The second-order valence-corrected chi connectivity index (χ2v) is 7.97. The smallest absolute Gasteiger partial charge is 0.242 e. The van der Waals surface area contributed by atoms with Crippen molar-refractivity contribution in [2.75, 3.05) is 19.4 Å². The molecule has 124 valence electrons. The van der Waals surface area contributed by atoms with Gasteiger partial charge < -0.3 is 5.32 Å². The Kier molecular flexibility index (Phi) is 4.55. The van der Waals surface area contributed by atoms with Gasteiger partial charge in [-0.1, -0.05) is 48.5 Å². The molecule has 0 fully saturated rings. The molecule has 0 heterocycles. The van der Waals surface area contributed by atoms with E-state index in [-0.39, 0.29) is 0 Å². The molecule has 0 atom stereocenters. The van der Waals surface area contributed by atoms with Crippen molar-refractivity contribution >= 4 is 26.5 Å². The monoisotopic (exact) mass is 340 g/mol. The van der Waals surface area contributed by atoms with E-state index >= 15 is 0 Å². The topological polar surface area (TPSA) is 49.4 Å². The lowest BCUT2D eigenvalue weighted by Crippen LogP contribution is -2.22. The van der Waals surface area contributed by atoms with Crippen LogP contribution in [-0.4, -0.2) is 26.8 Å². The fraction of sp³-hybridized carbons (Fsp3) is 0.158. The van der Waals surface area contributed by atoms with Crippen molar-refractivity contribution in [3.05, 3.63) is 72.3 Å². The first-order chi connectivity index (χ1) is 11.5. The molecule has 0 aliphatic heterocycles. The second kappa shape index (κ2) is 6.63. The zero-order valence-electron chi connectivity index (χ0n) is 13.7. The van der Waals surface area contributed by atoms with Crippen molar-refractivity contribution in [3.8, 4) is 0 Å². The molecule has 0 saturated heterocycles. The van der Waals surface area contributed by atoms with Crippen LogP contribution < -0.4 is 5.32 Å². The second-order valence-electron chi connectivity index (χ2n) is 5.82. The maximum Gasteiger partial charge on any atom is 0.242 e.